The molecule has 2 atom stereocenters. The molecule has 0 saturated heterocycles. The van der Waals surface area contributed by atoms with E-state index >= 15 is 0 Å². The zero-order chi connectivity index (χ0) is 12.1. The van der Waals surface area contributed by atoms with Crippen LogP contribution in [0.4, 0.5) is 0 Å². The van der Waals surface area contributed by atoms with E-state index in [0.717, 1.165) is 10.0 Å². The fourth-order valence-electron chi connectivity index (χ4n) is 1.74. The van der Waals surface area contributed by atoms with Gasteiger partial charge in [-0.3, -0.25) is 4.79 Å². The van der Waals surface area contributed by atoms with Crippen LogP contribution >= 0.6 is 15.9 Å². The smallest absolute Gasteiger partial charge is 0.311 e. The van der Waals surface area contributed by atoms with Gasteiger partial charge in [-0.2, -0.15) is 0 Å². The summed E-state index contributed by atoms with van der Waals surface area (Å²) in [5.74, 6) is -1.39. The summed E-state index contributed by atoms with van der Waals surface area (Å²) in [6.45, 7) is 2.32. The minimum atomic E-state index is -0.813. The summed E-state index contributed by atoms with van der Waals surface area (Å²) in [5, 5.41) is 9.23. The predicted octanol–water partition coefficient (Wildman–Crippen LogP) is 2.90. The largest absolute Gasteiger partial charge is 0.481 e. The Morgan fingerprint density at radius 3 is 2.44 bits per heavy atom. The maximum Gasteiger partial charge on any atom is 0.311 e. The molecule has 0 bridgehead atoms. The van der Waals surface area contributed by atoms with E-state index in [4.69, 9.17) is 4.74 Å². The first-order valence-electron chi connectivity index (χ1n) is 5.03. The van der Waals surface area contributed by atoms with Crippen molar-refractivity contribution in [2.45, 2.75) is 12.8 Å². The van der Waals surface area contributed by atoms with Gasteiger partial charge in [-0.05, 0) is 23.6 Å². The molecule has 0 heterocycles. The minimum absolute atomic E-state index is 0.0522. The van der Waals surface area contributed by atoms with Gasteiger partial charge in [-0.25, -0.2) is 0 Å². The molecule has 1 N–H and O–H groups in total. The summed E-state index contributed by atoms with van der Waals surface area (Å²) in [5.41, 5.74) is 0.806. The molecule has 4 heteroatoms. The third-order valence-corrected chi connectivity index (χ3v) is 3.02. The van der Waals surface area contributed by atoms with E-state index in [9.17, 15) is 9.90 Å². The highest BCUT2D eigenvalue weighted by molar-refractivity contribution is 9.10. The fraction of sp³-hybridized carbons (Fsp3) is 0.417. The molecule has 0 aliphatic rings. The summed E-state index contributed by atoms with van der Waals surface area (Å²) in [4.78, 5) is 11.2. The molecule has 0 aliphatic heterocycles. The van der Waals surface area contributed by atoms with E-state index in [-0.39, 0.29) is 5.92 Å². The van der Waals surface area contributed by atoms with Crippen LogP contribution < -0.4 is 0 Å². The number of halogens is 1. The number of ether oxygens (including phenoxy) is 1. The maximum atomic E-state index is 11.2. The molecule has 3 nitrogen and oxygen atoms in total. The normalized spacial score (nSPS) is 14.4. The van der Waals surface area contributed by atoms with Gasteiger partial charge in [0.2, 0.25) is 0 Å². The minimum Gasteiger partial charge on any atom is -0.481 e. The zero-order valence-electron chi connectivity index (χ0n) is 9.31. The van der Waals surface area contributed by atoms with E-state index in [2.05, 4.69) is 15.9 Å². The van der Waals surface area contributed by atoms with E-state index in [1.54, 1.807) is 7.11 Å². The number of methoxy groups -OCH3 is 1. The zero-order valence-corrected chi connectivity index (χ0v) is 10.9. The topological polar surface area (TPSA) is 46.5 Å². The molecule has 1 rings (SSSR count). The third-order valence-electron chi connectivity index (χ3n) is 2.49. The first-order chi connectivity index (χ1) is 7.56. The Morgan fingerprint density at radius 2 is 2.00 bits per heavy atom. The summed E-state index contributed by atoms with van der Waals surface area (Å²) in [7, 11) is 1.58. The van der Waals surface area contributed by atoms with Gasteiger partial charge >= 0.3 is 5.97 Å². The fourth-order valence-corrected chi connectivity index (χ4v) is 2.01. The maximum absolute atomic E-state index is 11.2. The number of hydrogen-bond donors (Lipinski definition) is 1. The van der Waals surface area contributed by atoms with Gasteiger partial charge in [0, 0.05) is 18.2 Å². The summed E-state index contributed by atoms with van der Waals surface area (Å²) in [6, 6.07) is 7.36. The number of carboxylic acids is 1. The van der Waals surface area contributed by atoms with Crippen LogP contribution in [0.25, 0.3) is 0 Å². The average Bonchev–Trinajstić information content (AvgIpc) is 2.21. The molecule has 0 saturated carbocycles. The van der Waals surface area contributed by atoms with Gasteiger partial charge in [-0.1, -0.05) is 35.0 Å². The van der Waals surface area contributed by atoms with Crippen LogP contribution in [0, 0.1) is 5.92 Å². The molecule has 1 aromatic rings. The average molecular weight is 287 g/mol. The van der Waals surface area contributed by atoms with Gasteiger partial charge in [0.05, 0.1) is 5.92 Å². The molecule has 2 unspecified atom stereocenters. The number of rotatable bonds is 5. The Kier molecular flexibility index (Phi) is 4.96. The van der Waals surface area contributed by atoms with Crippen molar-refractivity contribution in [1.82, 2.24) is 0 Å². The van der Waals surface area contributed by atoms with E-state index in [0.29, 0.717) is 6.61 Å². The second-order valence-electron chi connectivity index (χ2n) is 3.80. The van der Waals surface area contributed by atoms with Crippen molar-refractivity contribution < 1.29 is 14.6 Å². The van der Waals surface area contributed by atoms with Crippen LogP contribution in [-0.4, -0.2) is 24.8 Å². The monoisotopic (exact) mass is 286 g/mol. The highest BCUT2D eigenvalue weighted by Gasteiger charge is 2.26. The summed E-state index contributed by atoms with van der Waals surface area (Å²) in [6.07, 6.45) is 0. The molecule has 16 heavy (non-hydrogen) atoms. The summed E-state index contributed by atoms with van der Waals surface area (Å²) < 4.78 is 5.95. The lowest BCUT2D eigenvalue weighted by molar-refractivity contribution is -0.140. The van der Waals surface area contributed by atoms with Crippen molar-refractivity contribution in [3.63, 3.8) is 0 Å². The van der Waals surface area contributed by atoms with Gasteiger partial charge in [0.15, 0.2) is 0 Å². The Hall–Kier alpha value is -0.870. The Labute approximate surface area is 104 Å². The lowest BCUT2D eigenvalue weighted by atomic mass is 9.88. The van der Waals surface area contributed by atoms with Crippen molar-refractivity contribution in [3.8, 4) is 0 Å². The lowest BCUT2D eigenvalue weighted by Gasteiger charge is -2.19. The SMILES string of the molecule is COCC(C)C(C(=O)O)c1ccc(Br)cc1. The quantitative estimate of drug-likeness (QED) is 0.905. The van der Waals surface area contributed by atoms with E-state index < -0.39 is 11.9 Å². The second kappa shape index (κ2) is 6.01. The molecule has 0 aromatic heterocycles. The molecule has 0 radical (unpaired) electrons. The summed E-state index contributed by atoms with van der Waals surface area (Å²) >= 11 is 3.33. The van der Waals surface area contributed by atoms with Crippen LogP contribution in [-0.2, 0) is 9.53 Å². The molecule has 0 amide bonds. The predicted molar refractivity (Wildman–Crippen MR) is 65.6 cm³/mol. The van der Waals surface area contributed by atoms with Crippen molar-refractivity contribution >= 4 is 21.9 Å². The Morgan fingerprint density at radius 1 is 1.44 bits per heavy atom. The van der Waals surface area contributed by atoms with Crippen molar-refractivity contribution in [1.29, 1.82) is 0 Å². The number of hydrogen-bond acceptors (Lipinski definition) is 2. The number of carbonyl (C=O) groups is 1. The first kappa shape index (κ1) is 13.2. The third kappa shape index (κ3) is 3.32. The lowest BCUT2D eigenvalue weighted by Crippen LogP contribution is -2.22. The van der Waals surface area contributed by atoms with Crippen molar-refractivity contribution in [2.75, 3.05) is 13.7 Å². The highest BCUT2D eigenvalue weighted by atomic mass is 79.9. The van der Waals surface area contributed by atoms with Crippen LogP contribution in [0.3, 0.4) is 0 Å². The molecule has 0 aliphatic carbocycles. The number of benzene rings is 1. The number of carboxylic acid groups (broad SMARTS) is 1. The number of aliphatic carboxylic acids is 1. The highest BCUT2D eigenvalue weighted by Crippen LogP contribution is 2.26. The first-order valence-corrected chi connectivity index (χ1v) is 5.82. The van der Waals surface area contributed by atoms with Crippen LogP contribution in [0.2, 0.25) is 0 Å². The van der Waals surface area contributed by atoms with E-state index in [1.165, 1.54) is 0 Å². The van der Waals surface area contributed by atoms with Crippen LogP contribution in [0.15, 0.2) is 28.7 Å². The molecule has 1 aromatic carbocycles. The standard InChI is InChI=1S/C12H15BrO3/c1-8(7-16-2)11(12(14)15)9-3-5-10(13)6-4-9/h3-6,8,11H,7H2,1-2H3,(H,14,15). The van der Waals surface area contributed by atoms with Crippen LogP contribution in [0.1, 0.15) is 18.4 Å². The van der Waals surface area contributed by atoms with Crippen molar-refractivity contribution in [2.24, 2.45) is 5.92 Å². The molecule has 0 spiro atoms. The van der Waals surface area contributed by atoms with E-state index in [1.807, 2.05) is 31.2 Å². The van der Waals surface area contributed by atoms with Gasteiger partial charge in [0.1, 0.15) is 0 Å². The molecular formula is C12H15BrO3. The second-order valence-corrected chi connectivity index (χ2v) is 4.72. The van der Waals surface area contributed by atoms with Crippen molar-refractivity contribution in [3.05, 3.63) is 34.3 Å². The van der Waals surface area contributed by atoms with Gasteiger partial charge in [0.25, 0.3) is 0 Å². The Bertz CT molecular complexity index is 348. The van der Waals surface area contributed by atoms with Gasteiger partial charge in [-0.15, -0.1) is 0 Å². The molecular weight excluding hydrogens is 272 g/mol. The molecule has 88 valence electrons. The molecule has 0 fully saturated rings. The van der Waals surface area contributed by atoms with Crippen LogP contribution in [0.5, 0.6) is 0 Å². The Balaban J connectivity index is 2.93. The van der Waals surface area contributed by atoms with Gasteiger partial charge < -0.3 is 9.84 Å².